The summed E-state index contributed by atoms with van der Waals surface area (Å²) in [5.41, 5.74) is 2.99. The van der Waals surface area contributed by atoms with Gasteiger partial charge in [0.25, 0.3) is 5.91 Å². The highest BCUT2D eigenvalue weighted by atomic mass is 16.5. The van der Waals surface area contributed by atoms with E-state index in [-0.39, 0.29) is 11.9 Å². The topological polar surface area (TPSA) is 67.0 Å². The Balaban J connectivity index is 1.63. The smallest absolute Gasteiger partial charge is 0.261 e. The second-order valence-electron chi connectivity index (χ2n) is 5.94. The molecule has 124 valence electrons. The highest BCUT2D eigenvalue weighted by molar-refractivity contribution is 5.81. The number of amides is 1. The third-order valence-corrected chi connectivity index (χ3v) is 3.88. The van der Waals surface area contributed by atoms with Crippen molar-refractivity contribution in [3.8, 4) is 5.75 Å². The number of nitrogens with one attached hydrogen (secondary N) is 2. The van der Waals surface area contributed by atoms with Crippen LogP contribution in [0.15, 0.2) is 48.5 Å². The van der Waals surface area contributed by atoms with Crippen LogP contribution < -0.4 is 10.1 Å². The highest BCUT2D eigenvalue weighted by Crippen LogP contribution is 2.17. The molecule has 0 unspecified atom stereocenters. The summed E-state index contributed by atoms with van der Waals surface area (Å²) >= 11 is 0. The van der Waals surface area contributed by atoms with E-state index < -0.39 is 6.10 Å². The molecule has 5 heteroatoms. The van der Waals surface area contributed by atoms with Gasteiger partial charge in [0.1, 0.15) is 11.6 Å². The summed E-state index contributed by atoms with van der Waals surface area (Å²) < 4.78 is 5.68. The van der Waals surface area contributed by atoms with Crippen LogP contribution in [-0.4, -0.2) is 22.0 Å². The van der Waals surface area contributed by atoms with Crippen molar-refractivity contribution in [2.75, 3.05) is 0 Å². The minimum atomic E-state index is -0.584. The number of benzene rings is 2. The Labute approximate surface area is 141 Å². The lowest BCUT2D eigenvalue weighted by atomic mass is 10.2. The molecule has 0 spiro atoms. The quantitative estimate of drug-likeness (QED) is 0.755. The van der Waals surface area contributed by atoms with Crippen molar-refractivity contribution in [2.24, 2.45) is 0 Å². The lowest BCUT2D eigenvalue weighted by Gasteiger charge is -2.17. The molecule has 2 N–H and O–H groups in total. The van der Waals surface area contributed by atoms with Crippen LogP contribution in [0.1, 0.15) is 31.3 Å². The molecular formula is C19H21N3O2. The number of aromatic amines is 1. The van der Waals surface area contributed by atoms with Gasteiger partial charge >= 0.3 is 0 Å². The predicted octanol–water partition coefficient (Wildman–Crippen LogP) is 3.52. The third-order valence-electron chi connectivity index (χ3n) is 3.88. The fourth-order valence-electron chi connectivity index (χ4n) is 2.45. The van der Waals surface area contributed by atoms with Crippen molar-refractivity contribution in [1.82, 2.24) is 15.3 Å². The van der Waals surface area contributed by atoms with Crippen molar-refractivity contribution in [3.05, 3.63) is 59.9 Å². The van der Waals surface area contributed by atoms with Gasteiger partial charge in [-0.25, -0.2) is 4.98 Å². The van der Waals surface area contributed by atoms with Gasteiger partial charge in [0.2, 0.25) is 0 Å². The SMILES string of the molecule is Cc1ccc(O[C@H](C)C(=O)N[C@@H](C)c2nc3ccccc3[nH]2)cc1. The van der Waals surface area contributed by atoms with Crippen molar-refractivity contribution in [2.45, 2.75) is 32.9 Å². The molecule has 0 aliphatic rings. The molecule has 3 aromatic rings. The fraction of sp³-hybridized carbons (Fsp3) is 0.263. The van der Waals surface area contributed by atoms with E-state index in [9.17, 15) is 4.79 Å². The number of aryl methyl sites for hydroxylation is 1. The number of rotatable bonds is 5. The van der Waals surface area contributed by atoms with Gasteiger partial charge in [-0.2, -0.15) is 0 Å². The molecule has 1 aromatic heterocycles. The summed E-state index contributed by atoms with van der Waals surface area (Å²) in [6.45, 7) is 5.64. The van der Waals surface area contributed by atoms with Gasteiger partial charge in [0, 0.05) is 0 Å². The highest BCUT2D eigenvalue weighted by Gasteiger charge is 2.19. The molecule has 2 atom stereocenters. The number of aromatic nitrogens is 2. The summed E-state index contributed by atoms with van der Waals surface area (Å²) in [5, 5.41) is 2.93. The normalized spacial score (nSPS) is 13.5. The van der Waals surface area contributed by atoms with Crippen LogP contribution in [-0.2, 0) is 4.79 Å². The number of carbonyl (C=O) groups excluding carboxylic acids is 1. The maximum Gasteiger partial charge on any atom is 0.261 e. The fourth-order valence-corrected chi connectivity index (χ4v) is 2.45. The lowest BCUT2D eigenvalue weighted by Crippen LogP contribution is -2.38. The van der Waals surface area contributed by atoms with E-state index in [2.05, 4.69) is 15.3 Å². The van der Waals surface area contributed by atoms with E-state index in [1.54, 1.807) is 6.92 Å². The molecule has 0 fully saturated rings. The minimum absolute atomic E-state index is 0.177. The molecule has 5 nitrogen and oxygen atoms in total. The maximum absolute atomic E-state index is 12.3. The van der Waals surface area contributed by atoms with E-state index in [4.69, 9.17) is 4.74 Å². The average molecular weight is 323 g/mol. The van der Waals surface area contributed by atoms with Crippen LogP contribution in [0.3, 0.4) is 0 Å². The first-order valence-electron chi connectivity index (χ1n) is 8.01. The van der Waals surface area contributed by atoms with E-state index in [1.807, 2.05) is 62.4 Å². The van der Waals surface area contributed by atoms with Gasteiger partial charge in [-0.15, -0.1) is 0 Å². The minimum Gasteiger partial charge on any atom is -0.481 e. The van der Waals surface area contributed by atoms with E-state index in [0.717, 1.165) is 22.4 Å². The summed E-state index contributed by atoms with van der Waals surface area (Å²) in [4.78, 5) is 20.1. The van der Waals surface area contributed by atoms with Crippen LogP contribution in [0.2, 0.25) is 0 Å². The number of imidazole rings is 1. The number of hydrogen-bond donors (Lipinski definition) is 2. The monoisotopic (exact) mass is 323 g/mol. The number of carbonyl (C=O) groups is 1. The van der Waals surface area contributed by atoms with Crippen molar-refractivity contribution in [3.63, 3.8) is 0 Å². The average Bonchev–Trinajstić information content (AvgIpc) is 3.01. The molecule has 24 heavy (non-hydrogen) atoms. The number of ether oxygens (including phenoxy) is 1. The van der Waals surface area contributed by atoms with Crippen LogP contribution in [0.5, 0.6) is 5.75 Å². The largest absolute Gasteiger partial charge is 0.481 e. The van der Waals surface area contributed by atoms with Gasteiger partial charge in [-0.05, 0) is 45.0 Å². The van der Waals surface area contributed by atoms with Gasteiger partial charge in [0.05, 0.1) is 17.1 Å². The lowest BCUT2D eigenvalue weighted by molar-refractivity contribution is -0.128. The molecule has 0 aliphatic heterocycles. The van der Waals surface area contributed by atoms with E-state index in [0.29, 0.717) is 5.75 Å². The van der Waals surface area contributed by atoms with Gasteiger partial charge < -0.3 is 15.0 Å². The van der Waals surface area contributed by atoms with Crippen LogP contribution in [0.25, 0.3) is 11.0 Å². The number of H-pyrrole nitrogens is 1. The zero-order valence-electron chi connectivity index (χ0n) is 14.0. The Kier molecular flexibility index (Phi) is 4.51. The van der Waals surface area contributed by atoms with Crippen LogP contribution >= 0.6 is 0 Å². The number of fused-ring (bicyclic) bond motifs is 1. The Morgan fingerprint density at radius 2 is 1.83 bits per heavy atom. The first kappa shape index (κ1) is 16.1. The molecule has 0 bridgehead atoms. The third kappa shape index (κ3) is 3.56. The summed E-state index contributed by atoms with van der Waals surface area (Å²) in [7, 11) is 0. The molecule has 0 saturated carbocycles. The first-order chi connectivity index (χ1) is 11.5. The molecule has 0 saturated heterocycles. The van der Waals surface area contributed by atoms with Gasteiger partial charge in [-0.1, -0.05) is 29.8 Å². The second kappa shape index (κ2) is 6.74. The molecule has 0 radical (unpaired) electrons. The maximum atomic E-state index is 12.3. The number of hydrogen-bond acceptors (Lipinski definition) is 3. The Morgan fingerprint density at radius 3 is 2.54 bits per heavy atom. The Hall–Kier alpha value is -2.82. The first-order valence-corrected chi connectivity index (χ1v) is 8.01. The molecule has 1 heterocycles. The molecular weight excluding hydrogens is 302 g/mol. The zero-order chi connectivity index (χ0) is 17.1. The molecule has 1 amide bonds. The molecule has 3 rings (SSSR count). The van der Waals surface area contributed by atoms with Crippen molar-refractivity contribution in [1.29, 1.82) is 0 Å². The standard InChI is InChI=1S/C19H21N3O2/c1-12-8-10-15(11-9-12)24-14(3)19(23)20-13(2)18-21-16-6-4-5-7-17(16)22-18/h4-11,13-14H,1-3H3,(H,20,23)(H,21,22)/t13-,14+/m0/s1. The predicted molar refractivity (Wildman–Crippen MR) is 93.9 cm³/mol. The van der Waals surface area contributed by atoms with Gasteiger partial charge in [-0.3, -0.25) is 4.79 Å². The summed E-state index contributed by atoms with van der Waals surface area (Å²) in [6.07, 6.45) is -0.584. The Bertz CT molecular complexity index is 806. The van der Waals surface area contributed by atoms with E-state index in [1.165, 1.54) is 0 Å². The van der Waals surface area contributed by atoms with Crippen LogP contribution in [0, 0.1) is 6.92 Å². The zero-order valence-corrected chi connectivity index (χ0v) is 14.0. The number of nitrogens with zero attached hydrogens (tertiary/aromatic N) is 1. The number of para-hydroxylation sites is 2. The summed E-state index contributed by atoms with van der Waals surface area (Å²) in [5.74, 6) is 1.23. The summed E-state index contributed by atoms with van der Waals surface area (Å²) in [6, 6.07) is 15.2. The van der Waals surface area contributed by atoms with Gasteiger partial charge in [0.15, 0.2) is 6.10 Å². The second-order valence-corrected chi connectivity index (χ2v) is 5.94. The van der Waals surface area contributed by atoms with E-state index >= 15 is 0 Å². The molecule has 2 aromatic carbocycles. The van der Waals surface area contributed by atoms with Crippen molar-refractivity contribution >= 4 is 16.9 Å². The Morgan fingerprint density at radius 1 is 1.12 bits per heavy atom. The van der Waals surface area contributed by atoms with Crippen LogP contribution in [0.4, 0.5) is 0 Å². The van der Waals surface area contributed by atoms with Crippen molar-refractivity contribution < 1.29 is 9.53 Å². The molecule has 0 aliphatic carbocycles.